The van der Waals surface area contributed by atoms with E-state index in [1.165, 1.54) is 0 Å². The summed E-state index contributed by atoms with van der Waals surface area (Å²) in [6.45, 7) is 0.335. The predicted octanol–water partition coefficient (Wildman–Crippen LogP) is 2.71. The van der Waals surface area contributed by atoms with Gasteiger partial charge in [0.15, 0.2) is 0 Å². The van der Waals surface area contributed by atoms with Crippen LogP contribution in [0, 0.1) is 0 Å². The smallest absolute Gasteiger partial charge is 0.248 e. The van der Waals surface area contributed by atoms with Gasteiger partial charge in [-0.3, -0.25) is 4.79 Å². The molecule has 0 atom stereocenters. The van der Waals surface area contributed by atoms with Crippen LogP contribution in [0.25, 0.3) is 0 Å². The minimum atomic E-state index is -0.494. The number of primary amides is 1. The monoisotopic (exact) mass is 320 g/mol. The molecule has 5 heteroatoms. The Morgan fingerprint density at radius 2 is 2.00 bits per heavy atom. The van der Waals surface area contributed by atoms with Crippen LogP contribution >= 0.6 is 15.9 Å². The molecular weight excluding hydrogens is 308 g/mol. The summed E-state index contributed by atoms with van der Waals surface area (Å²) in [5.41, 5.74) is 12.7. The van der Waals surface area contributed by atoms with Gasteiger partial charge in [0.2, 0.25) is 5.91 Å². The first-order valence-corrected chi connectivity index (χ1v) is 6.42. The second-order valence-electron chi connectivity index (χ2n) is 4.02. The fraction of sp³-hybridized carbons (Fsp3) is 0.0714. The summed E-state index contributed by atoms with van der Waals surface area (Å²) in [6.07, 6.45) is 0. The van der Waals surface area contributed by atoms with Gasteiger partial charge in [-0.15, -0.1) is 0 Å². The molecule has 0 radical (unpaired) electrons. The van der Waals surface area contributed by atoms with E-state index in [4.69, 9.17) is 16.2 Å². The van der Waals surface area contributed by atoms with Crippen molar-refractivity contribution in [3.63, 3.8) is 0 Å². The lowest BCUT2D eigenvalue weighted by Crippen LogP contribution is -2.12. The number of hydrogen-bond acceptors (Lipinski definition) is 3. The summed E-state index contributed by atoms with van der Waals surface area (Å²) in [4.78, 5) is 11.0. The summed E-state index contributed by atoms with van der Waals surface area (Å²) in [7, 11) is 0. The molecular formula is C14H13BrN2O2. The molecule has 0 aromatic heterocycles. The van der Waals surface area contributed by atoms with Gasteiger partial charge in [-0.05, 0) is 30.3 Å². The maximum atomic E-state index is 11.0. The molecule has 19 heavy (non-hydrogen) atoms. The number of nitrogen functional groups attached to an aromatic ring is 1. The van der Waals surface area contributed by atoms with E-state index in [9.17, 15) is 4.79 Å². The Bertz CT molecular complexity index is 614. The van der Waals surface area contributed by atoms with Gasteiger partial charge in [0.1, 0.15) is 12.4 Å². The molecule has 2 rings (SSSR count). The molecule has 98 valence electrons. The molecule has 0 fully saturated rings. The zero-order valence-corrected chi connectivity index (χ0v) is 11.7. The van der Waals surface area contributed by atoms with Crippen molar-refractivity contribution in [1.82, 2.24) is 0 Å². The fourth-order valence-corrected chi connectivity index (χ4v) is 1.98. The Hall–Kier alpha value is -2.01. The van der Waals surface area contributed by atoms with Gasteiger partial charge in [-0.2, -0.15) is 0 Å². The average molecular weight is 321 g/mol. The molecule has 0 spiro atoms. The standard InChI is InChI=1S/C14H13BrN2O2/c15-11-2-1-3-12(7-11)19-8-10-5-4-9(14(17)18)6-13(10)16/h1-7H,8,16H2,(H2,17,18). The molecule has 4 nitrogen and oxygen atoms in total. The van der Waals surface area contributed by atoms with Crippen LogP contribution in [0.1, 0.15) is 15.9 Å². The number of rotatable bonds is 4. The molecule has 0 saturated heterocycles. The lowest BCUT2D eigenvalue weighted by atomic mass is 10.1. The number of carbonyl (C=O) groups excluding carboxylic acids is 1. The molecule has 2 aromatic carbocycles. The summed E-state index contributed by atoms with van der Waals surface area (Å²) < 4.78 is 6.57. The molecule has 4 N–H and O–H groups in total. The molecule has 1 amide bonds. The van der Waals surface area contributed by atoms with Crippen LogP contribution in [-0.2, 0) is 6.61 Å². The van der Waals surface area contributed by atoms with Crippen LogP contribution in [0.3, 0.4) is 0 Å². The first-order valence-electron chi connectivity index (χ1n) is 5.63. The zero-order valence-electron chi connectivity index (χ0n) is 10.1. The van der Waals surface area contributed by atoms with E-state index >= 15 is 0 Å². The van der Waals surface area contributed by atoms with E-state index < -0.39 is 5.91 Å². The number of carbonyl (C=O) groups is 1. The third kappa shape index (κ3) is 3.48. The van der Waals surface area contributed by atoms with Gasteiger partial charge in [0.05, 0.1) is 0 Å². The largest absolute Gasteiger partial charge is 0.489 e. The second kappa shape index (κ2) is 5.75. The third-order valence-corrected chi connectivity index (χ3v) is 3.11. The quantitative estimate of drug-likeness (QED) is 0.850. The maximum absolute atomic E-state index is 11.0. The predicted molar refractivity (Wildman–Crippen MR) is 77.8 cm³/mol. The van der Waals surface area contributed by atoms with Crippen molar-refractivity contribution in [3.05, 3.63) is 58.1 Å². The van der Waals surface area contributed by atoms with Gasteiger partial charge in [-0.1, -0.05) is 28.1 Å². The molecule has 0 bridgehead atoms. The Morgan fingerprint density at radius 3 is 2.63 bits per heavy atom. The summed E-state index contributed by atoms with van der Waals surface area (Å²) >= 11 is 3.37. The maximum Gasteiger partial charge on any atom is 0.248 e. The van der Waals surface area contributed by atoms with E-state index in [1.807, 2.05) is 24.3 Å². The highest BCUT2D eigenvalue weighted by molar-refractivity contribution is 9.10. The summed E-state index contributed by atoms with van der Waals surface area (Å²) in [5.74, 6) is 0.249. The van der Waals surface area contributed by atoms with E-state index in [-0.39, 0.29) is 0 Å². The minimum absolute atomic E-state index is 0.335. The Labute approximate surface area is 119 Å². The lowest BCUT2D eigenvalue weighted by molar-refractivity contribution is 0.100. The van der Waals surface area contributed by atoms with Crippen molar-refractivity contribution in [3.8, 4) is 5.75 Å². The van der Waals surface area contributed by atoms with Crippen LogP contribution in [-0.4, -0.2) is 5.91 Å². The van der Waals surface area contributed by atoms with Gasteiger partial charge in [-0.25, -0.2) is 0 Å². The third-order valence-electron chi connectivity index (χ3n) is 2.62. The number of halogens is 1. The normalized spacial score (nSPS) is 10.2. The Kier molecular flexibility index (Phi) is 4.06. The van der Waals surface area contributed by atoms with Gasteiger partial charge < -0.3 is 16.2 Å². The fourth-order valence-electron chi connectivity index (χ4n) is 1.60. The molecule has 0 saturated carbocycles. The number of benzene rings is 2. The Balaban J connectivity index is 2.10. The van der Waals surface area contributed by atoms with Crippen molar-refractivity contribution < 1.29 is 9.53 Å². The molecule has 0 aliphatic carbocycles. The van der Waals surface area contributed by atoms with Crippen LogP contribution in [0.15, 0.2) is 46.9 Å². The van der Waals surface area contributed by atoms with Gasteiger partial charge in [0.25, 0.3) is 0 Å². The molecule has 0 aliphatic rings. The minimum Gasteiger partial charge on any atom is -0.489 e. The van der Waals surface area contributed by atoms with E-state index in [0.717, 1.165) is 15.8 Å². The van der Waals surface area contributed by atoms with Crippen molar-refractivity contribution in [2.24, 2.45) is 5.73 Å². The number of ether oxygens (including phenoxy) is 1. The summed E-state index contributed by atoms with van der Waals surface area (Å²) in [6, 6.07) is 12.5. The first-order chi connectivity index (χ1) is 9.06. The number of nitrogens with two attached hydrogens (primary N) is 2. The average Bonchev–Trinajstić information content (AvgIpc) is 2.37. The van der Waals surface area contributed by atoms with E-state index in [2.05, 4.69) is 15.9 Å². The van der Waals surface area contributed by atoms with E-state index in [1.54, 1.807) is 18.2 Å². The number of amides is 1. The number of anilines is 1. The highest BCUT2D eigenvalue weighted by Crippen LogP contribution is 2.21. The number of hydrogen-bond donors (Lipinski definition) is 2. The van der Waals surface area contributed by atoms with Crippen molar-refractivity contribution in [2.75, 3.05) is 5.73 Å². The zero-order chi connectivity index (χ0) is 13.8. The van der Waals surface area contributed by atoms with Gasteiger partial charge in [0, 0.05) is 21.3 Å². The highest BCUT2D eigenvalue weighted by atomic mass is 79.9. The van der Waals surface area contributed by atoms with Gasteiger partial charge >= 0.3 is 0 Å². The molecule has 0 heterocycles. The van der Waals surface area contributed by atoms with Crippen molar-refractivity contribution in [1.29, 1.82) is 0 Å². The SMILES string of the molecule is NC(=O)c1ccc(COc2cccc(Br)c2)c(N)c1. The highest BCUT2D eigenvalue weighted by Gasteiger charge is 2.05. The molecule has 2 aromatic rings. The first kappa shape index (κ1) is 13.4. The van der Waals surface area contributed by atoms with E-state index in [0.29, 0.717) is 17.9 Å². The van der Waals surface area contributed by atoms with Crippen molar-refractivity contribution >= 4 is 27.5 Å². The topological polar surface area (TPSA) is 78.3 Å². The lowest BCUT2D eigenvalue weighted by Gasteiger charge is -2.09. The molecule has 0 aliphatic heterocycles. The van der Waals surface area contributed by atoms with Crippen LogP contribution in [0.2, 0.25) is 0 Å². The van der Waals surface area contributed by atoms with Crippen LogP contribution in [0.5, 0.6) is 5.75 Å². The van der Waals surface area contributed by atoms with Crippen LogP contribution < -0.4 is 16.2 Å². The molecule has 0 unspecified atom stereocenters. The Morgan fingerprint density at radius 1 is 1.21 bits per heavy atom. The summed E-state index contributed by atoms with van der Waals surface area (Å²) in [5, 5.41) is 0. The second-order valence-corrected chi connectivity index (χ2v) is 4.94. The van der Waals surface area contributed by atoms with Crippen molar-refractivity contribution in [2.45, 2.75) is 6.61 Å². The van der Waals surface area contributed by atoms with Crippen LogP contribution in [0.4, 0.5) is 5.69 Å².